The summed E-state index contributed by atoms with van der Waals surface area (Å²) in [4.78, 5) is 27.2. The summed E-state index contributed by atoms with van der Waals surface area (Å²) in [5.74, 6) is 0. The van der Waals surface area contributed by atoms with E-state index in [1.165, 1.54) is 27.3 Å². The highest BCUT2D eigenvalue weighted by Gasteiger charge is 2.33. The molecular weight excluding hydrogens is 423 g/mol. The molecule has 170 valence electrons. The molecule has 1 aromatic heterocycles. The molecule has 0 aliphatic carbocycles. The maximum atomic E-state index is 13.3. The lowest BCUT2D eigenvalue weighted by Crippen LogP contribution is -2.31. The molecule has 1 aliphatic rings. The van der Waals surface area contributed by atoms with Crippen LogP contribution in [0.2, 0.25) is 0 Å². The molecule has 2 heterocycles. The van der Waals surface area contributed by atoms with E-state index in [9.17, 15) is 22.8 Å². The number of para-hydroxylation sites is 1. The van der Waals surface area contributed by atoms with Crippen molar-refractivity contribution >= 4 is 34.1 Å². The van der Waals surface area contributed by atoms with E-state index in [0.29, 0.717) is 16.7 Å². The first-order valence-corrected chi connectivity index (χ1v) is 10.4. The summed E-state index contributed by atoms with van der Waals surface area (Å²) in [6, 6.07) is 7.57. The van der Waals surface area contributed by atoms with Gasteiger partial charge in [-0.1, -0.05) is 12.1 Å². The molecule has 2 N–H and O–H groups in total. The minimum Gasteiger partial charge on any atom is -0.370 e. The van der Waals surface area contributed by atoms with Crippen LogP contribution < -0.4 is 21.2 Å². The molecule has 4 rings (SSSR count). The average molecular weight is 447 g/mol. The highest BCUT2D eigenvalue weighted by molar-refractivity contribution is 6.04. The van der Waals surface area contributed by atoms with Gasteiger partial charge in [0.25, 0.3) is 0 Å². The number of halogens is 3. The Kier molecular flexibility index (Phi) is 5.62. The second kappa shape index (κ2) is 8.25. The van der Waals surface area contributed by atoms with Crippen LogP contribution >= 0.6 is 0 Å². The lowest BCUT2D eigenvalue weighted by molar-refractivity contribution is -0.136. The molecule has 1 aliphatic heterocycles. The van der Waals surface area contributed by atoms with Crippen molar-refractivity contribution in [3.8, 4) is 0 Å². The van der Waals surface area contributed by atoms with Crippen molar-refractivity contribution in [2.24, 2.45) is 14.1 Å². The third-order valence-corrected chi connectivity index (χ3v) is 5.82. The fraction of sp³-hybridized carbons (Fsp3) is 0.364. The van der Waals surface area contributed by atoms with Gasteiger partial charge in [0.2, 0.25) is 0 Å². The number of imidazole rings is 1. The topological polar surface area (TPSA) is 71.3 Å². The minimum atomic E-state index is -4.59. The highest BCUT2D eigenvalue weighted by atomic mass is 19.4. The Morgan fingerprint density at radius 2 is 1.50 bits per heavy atom. The van der Waals surface area contributed by atoms with Gasteiger partial charge in [-0.05, 0) is 43.5 Å². The number of carbonyl (C=O) groups excluding carboxylic acids is 1. The van der Waals surface area contributed by atoms with Gasteiger partial charge in [0.15, 0.2) is 0 Å². The smallest absolute Gasteiger partial charge is 0.370 e. The standard InChI is InChI=1S/C22H24F3N5O2/c1-28-18-12-16(27-20(31)26-15-9-5-4-8-14(15)22(23,24)25)17(30-10-6-3-7-11-30)13-19(18)29(2)21(28)32/h4-5,8-9,12-13H,3,6-7,10-11H2,1-2H3,(H2,26,27,31). The summed E-state index contributed by atoms with van der Waals surface area (Å²) in [6.07, 6.45) is -1.49. The molecule has 10 heteroatoms. The Hall–Kier alpha value is -3.43. The average Bonchev–Trinajstić information content (AvgIpc) is 2.97. The first-order chi connectivity index (χ1) is 15.2. The van der Waals surface area contributed by atoms with Gasteiger partial charge in [-0.15, -0.1) is 0 Å². The number of hydrogen-bond acceptors (Lipinski definition) is 3. The van der Waals surface area contributed by atoms with Crippen LogP contribution in [0.4, 0.5) is 35.0 Å². The number of piperidine rings is 1. The van der Waals surface area contributed by atoms with E-state index in [1.807, 2.05) is 6.07 Å². The number of benzene rings is 2. The summed E-state index contributed by atoms with van der Waals surface area (Å²) in [6.45, 7) is 1.58. The van der Waals surface area contributed by atoms with E-state index >= 15 is 0 Å². The molecule has 0 unspecified atom stereocenters. The van der Waals surface area contributed by atoms with Crippen molar-refractivity contribution in [2.45, 2.75) is 25.4 Å². The molecular formula is C22H24F3N5O2. The van der Waals surface area contributed by atoms with Crippen molar-refractivity contribution in [1.29, 1.82) is 0 Å². The summed E-state index contributed by atoms with van der Waals surface area (Å²) in [7, 11) is 3.31. The third kappa shape index (κ3) is 4.04. The Morgan fingerprint density at radius 1 is 0.906 bits per heavy atom. The first kappa shape index (κ1) is 21.8. The number of hydrogen-bond donors (Lipinski definition) is 2. The van der Waals surface area contributed by atoms with E-state index in [2.05, 4.69) is 15.5 Å². The third-order valence-electron chi connectivity index (χ3n) is 5.82. The van der Waals surface area contributed by atoms with Gasteiger partial charge in [0.1, 0.15) is 0 Å². The largest absolute Gasteiger partial charge is 0.418 e. The van der Waals surface area contributed by atoms with Gasteiger partial charge in [0, 0.05) is 27.2 Å². The van der Waals surface area contributed by atoms with Crippen LogP contribution in [0.15, 0.2) is 41.2 Å². The molecule has 0 atom stereocenters. The summed E-state index contributed by atoms with van der Waals surface area (Å²) in [5, 5.41) is 5.01. The van der Waals surface area contributed by atoms with Crippen LogP contribution in [0.5, 0.6) is 0 Å². The van der Waals surface area contributed by atoms with E-state index in [1.54, 1.807) is 20.2 Å². The lowest BCUT2D eigenvalue weighted by Gasteiger charge is -2.30. The van der Waals surface area contributed by atoms with Crippen LogP contribution in [0, 0.1) is 0 Å². The SMILES string of the molecule is Cn1c(=O)n(C)c2cc(N3CCCCC3)c(NC(=O)Nc3ccccc3C(F)(F)F)cc21. The van der Waals surface area contributed by atoms with Crippen LogP contribution in [0.1, 0.15) is 24.8 Å². The Balaban J connectivity index is 1.71. The predicted molar refractivity (Wildman–Crippen MR) is 118 cm³/mol. The molecule has 0 radical (unpaired) electrons. The van der Waals surface area contributed by atoms with Crippen molar-refractivity contribution < 1.29 is 18.0 Å². The summed E-state index contributed by atoms with van der Waals surface area (Å²) < 4.78 is 42.8. The van der Waals surface area contributed by atoms with Crippen molar-refractivity contribution in [2.75, 3.05) is 28.6 Å². The Morgan fingerprint density at radius 3 is 2.16 bits per heavy atom. The zero-order valence-corrected chi connectivity index (χ0v) is 17.8. The molecule has 2 aromatic carbocycles. The zero-order valence-electron chi connectivity index (χ0n) is 17.8. The zero-order chi connectivity index (χ0) is 23.0. The summed E-state index contributed by atoms with van der Waals surface area (Å²) >= 11 is 0. The second-order valence-corrected chi connectivity index (χ2v) is 7.93. The van der Waals surface area contributed by atoms with Gasteiger partial charge < -0.3 is 15.5 Å². The molecule has 2 amide bonds. The van der Waals surface area contributed by atoms with Gasteiger partial charge in [0.05, 0.1) is 33.7 Å². The van der Waals surface area contributed by atoms with Crippen molar-refractivity contribution in [3.05, 3.63) is 52.4 Å². The number of alkyl halides is 3. The summed E-state index contributed by atoms with van der Waals surface area (Å²) in [5.41, 5.74) is 1.04. The number of aryl methyl sites for hydroxylation is 2. The Labute approximate surface area is 182 Å². The van der Waals surface area contributed by atoms with Gasteiger partial charge >= 0.3 is 17.9 Å². The molecule has 1 fully saturated rings. The molecule has 0 spiro atoms. The second-order valence-electron chi connectivity index (χ2n) is 7.93. The molecule has 0 bridgehead atoms. The molecule has 0 saturated carbocycles. The van der Waals surface area contributed by atoms with E-state index in [0.717, 1.165) is 44.1 Å². The number of rotatable bonds is 3. The maximum absolute atomic E-state index is 13.3. The van der Waals surface area contributed by atoms with Gasteiger partial charge in [-0.25, -0.2) is 9.59 Å². The van der Waals surface area contributed by atoms with E-state index < -0.39 is 17.8 Å². The van der Waals surface area contributed by atoms with Crippen LogP contribution in [0.3, 0.4) is 0 Å². The van der Waals surface area contributed by atoms with Gasteiger partial charge in [-0.2, -0.15) is 13.2 Å². The monoisotopic (exact) mass is 447 g/mol. The molecule has 1 saturated heterocycles. The normalized spacial score (nSPS) is 14.6. The quantitative estimate of drug-likeness (QED) is 0.620. The van der Waals surface area contributed by atoms with Gasteiger partial charge in [-0.3, -0.25) is 9.13 Å². The van der Waals surface area contributed by atoms with E-state index in [-0.39, 0.29) is 11.4 Å². The number of anilines is 3. The molecule has 32 heavy (non-hydrogen) atoms. The molecule has 3 aromatic rings. The number of fused-ring (bicyclic) bond motifs is 1. The fourth-order valence-electron chi connectivity index (χ4n) is 4.15. The number of urea groups is 1. The Bertz CT molecular complexity index is 1220. The predicted octanol–water partition coefficient (Wildman–Crippen LogP) is 4.53. The lowest BCUT2D eigenvalue weighted by atomic mass is 10.1. The number of carbonyl (C=O) groups is 1. The molecule has 7 nitrogen and oxygen atoms in total. The van der Waals surface area contributed by atoms with Crippen LogP contribution in [-0.2, 0) is 20.3 Å². The van der Waals surface area contributed by atoms with E-state index in [4.69, 9.17) is 0 Å². The number of amides is 2. The minimum absolute atomic E-state index is 0.203. The fourth-order valence-corrected chi connectivity index (χ4v) is 4.15. The van der Waals surface area contributed by atoms with Crippen molar-refractivity contribution in [3.63, 3.8) is 0 Å². The highest BCUT2D eigenvalue weighted by Crippen LogP contribution is 2.36. The first-order valence-electron chi connectivity index (χ1n) is 10.4. The van der Waals surface area contributed by atoms with Crippen LogP contribution in [0.25, 0.3) is 11.0 Å². The maximum Gasteiger partial charge on any atom is 0.418 e. The number of nitrogens with one attached hydrogen (secondary N) is 2. The van der Waals surface area contributed by atoms with Crippen molar-refractivity contribution in [1.82, 2.24) is 9.13 Å². The number of aromatic nitrogens is 2. The van der Waals surface area contributed by atoms with Crippen LogP contribution in [-0.4, -0.2) is 28.3 Å². The number of nitrogens with zero attached hydrogens (tertiary/aromatic N) is 3.